The summed E-state index contributed by atoms with van der Waals surface area (Å²) in [4.78, 5) is 23.5. The summed E-state index contributed by atoms with van der Waals surface area (Å²) in [7, 11) is 0. The minimum atomic E-state index is -4.56. The quantitative estimate of drug-likeness (QED) is 0.580. The molecule has 3 aromatic rings. The fourth-order valence-corrected chi connectivity index (χ4v) is 5.62. The predicted molar refractivity (Wildman–Crippen MR) is 112 cm³/mol. The number of carbonyl (C=O) groups is 1. The molecule has 2 atom stereocenters. The van der Waals surface area contributed by atoms with E-state index in [1.807, 2.05) is 38.1 Å². The molecule has 5 rings (SSSR count). The van der Waals surface area contributed by atoms with Crippen LogP contribution in [0.3, 0.4) is 0 Å². The van der Waals surface area contributed by atoms with Gasteiger partial charge in [0.25, 0.3) is 0 Å². The Morgan fingerprint density at radius 1 is 0.903 bits per heavy atom. The second-order valence-electron chi connectivity index (χ2n) is 9.27. The molecule has 1 heterocycles. The molecule has 2 bridgehead atoms. The second-order valence-corrected chi connectivity index (χ2v) is 9.27. The van der Waals surface area contributed by atoms with Crippen LogP contribution in [-0.4, -0.2) is 15.9 Å². The van der Waals surface area contributed by atoms with Crippen molar-refractivity contribution in [2.24, 2.45) is 5.41 Å². The molecule has 1 N–H and O–H groups in total. The van der Waals surface area contributed by atoms with Crippen LogP contribution in [0.5, 0.6) is 0 Å². The largest absolute Gasteiger partial charge is 0.418 e. The van der Waals surface area contributed by atoms with Crippen molar-refractivity contribution in [1.29, 1.82) is 0 Å². The lowest BCUT2D eigenvalue weighted by molar-refractivity contribution is -0.137. The number of fused-ring (bicyclic) bond motifs is 6. The summed E-state index contributed by atoms with van der Waals surface area (Å²) in [6, 6.07) is 12.5. The average Bonchev–Trinajstić information content (AvgIpc) is 3.01. The molecule has 31 heavy (non-hydrogen) atoms. The Morgan fingerprint density at radius 2 is 1.48 bits per heavy atom. The van der Waals surface area contributed by atoms with E-state index in [4.69, 9.17) is 9.97 Å². The molecule has 7 heteroatoms. The molecule has 2 aliphatic carbocycles. The zero-order chi connectivity index (χ0) is 22.2. The standard InChI is InChI=1S/C24H22F3N3O/c1-21(2)22(3)12-13-23(21,19-18(22)28-16-10-6-7-11-17(16)29-19)20(31)30-15-9-5-4-8-14(15)24(25,26)27/h4-11H,12-13H2,1-3H3,(H,30,31)/t22-,23-/m0/s1. The molecule has 0 spiro atoms. The van der Waals surface area contributed by atoms with Gasteiger partial charge in [0, 0.05) is 5.41 Å². The van der Waals surface area contributed by atoms with E-state index in [1.165, 1.54) is 18.2 Å². The van der Waals surface area contributed by atoms with Crippen molar-refractivity contribution >= 4 is 22.6 Å². The van der Waals surface area contributed by atoms with Crippen LogP contribution in [-0.2, 0) is 21.8 Å². The highest BCUT2D eigenvalue weighted by Gasteiger charge is 2.73. The highest BCUT2D eigenvalue weighted by molar-refractivity contribution is 6.02. The van der Waals surface area contributed by atoms with Crippen LogP contribution in [0.2, 0.25) is 0 Å². The SMILES string of the molecule is CC1(C)[C@@]2(C)CC[C@@]1(C(=O)Nc1ccccc1C(F)(F)F)c1nc3ccccc3nc12. The number of nitrogens with zero attached hydrogens (tertiary/aromatic N) is 2. The molecule has 2 aliphatic rings. The zero-order valence-electron chi connectivity index (χ0n) is 17.5. The van der Waals surface area contributed by atoms with Gasteiger partial charge in [0.05, 0.1) is 39.1 Å². The van der Waals surface area contributed by atoms with Crippen molar-refractivity contribution in [1.82, 2.24) is 9.97 Å². The molecule has 1 fully saturated rings. The van der Waals surface area contributed by atoms with Crippen molar-refractivity contribution in [3.63, 3.8) is 0 Å². The Balaban J connectivity index is 1.68. The van der Waals surface area contributed by atoms with Crippen LogP contribution >= 0.6 is 0 Å². The number of benzene rings is 2. The van der Waals surface area contributed by atoms with Gasteiger partial charge in [0.2, 0.25) is 5.91 Å². The third-order valence-electron chi connectivity index (χ3n) is 7.81. The van der Waals surface area contributed by atoms with Gasteiger partial charge < -0.3 is 5.32 Å². The van der Waals surface area contributed by atoms with E-state index in [9.17, 15) is 18.0 Å². The number of alkyl halides is 3. The van der Waals surface area contributed by atoms with Gasteiger partial charge in [0.1, 0.15) is 0 Å². The van der Waals surface area contributed by atoms with E-state index in [0.29, 0.717) is 24.1 Å². The highest BCUT2D eigenvalue weighted by atomic mass is 19.4. The normalized spacial score (nSPS) is 26.1. The number of halogens is 3. The van der Waals surface area contributed by atoms with Crippen molar-refractivity contribution < 1.29 is 18.0 Å². The zero-order valence-corrected chi connectivity index (χ0v) is 17.5. The first-order valence-corrected chi connectivity index (χ1v) is 10.3. The summed E-state index contributed by atoms with van der Waals surface area (Å²) < 4.78 is 40.5. The number of carbonyl (C=O) groups excluding carboxylic acids is 1. The van der Waals surface area contributed by atoms with Crippen LogP contribution in [0.25, 0.3) is 11.0 Å². The van der Waals surface area contributed by atoms with Crippen molar-refractivity contribution in [3.05, 3.63) is 65.5 Å². The highest BCUT2D eigenvalue weighted by Crippen LogP contribution is 2.70. The van der Waals surface area contributed by atoms with Gasteiger partial charge in [-0.2, -0.15) is 13.2 Å². The van der Waals surface area contributed by atoms with Gasteiger partial charge in [-0.25, -0.2) is 9.97 Å². The van der Waals surface area contributed by atoms with Crippen LogP contribution < -0.4 is 5.32 Å². The number of hydrogen-bond acceptors (Lipinski definition) is 3. The minimum absolute atomic E-state index is 0.235. The number of anilines is 1. The molecule has 0 radical (unpaired) electrons. The smallest absolute Gasteiger partial charge is 0.325 e. The molecule has 2 aromatic carbocycles. The summed E-state index contributed by atoms with van der Waals surface area (Å²) >= 11 is 0. The lowest BCUT2D eigenvalue weighted by Gasteiger charge is -2.39. The van der Waals surface area contributed by atoms with Gasteiger partial charge in [-0.05, 0) is 42.5 Å². The lowest BCUT2D eigenvalue weighted by atomic mass is 9.63. The molecule has 0 saturated heterocycles. The Hall–Kier alpha value is -2.96. The summed E-state index contributed by atoms with van der Waals surface area (Å²) in [6.07, 6.45) is -3.34. The lowest BCUT2D eigenvalue weighted by Crippen LogP contribution is -2.48. The van der Waals surface area contributed by atoms with E-state index in [-0.39, 0.29) is 5.69 Å². The van der Waals surface area contributed by atoms with Crippen LogP contribution in [0.15, 0.2) is 48.5 Å². The molecule has 1 aromatic heterocycles. The molecule has 0 aliphatic heterocycles. The van der Waals surface area contributed by atoms with Crippen molar-refractivity contribution in [3.8, 4) is 0 Å². The van der Waals surface area contributed by atoms with Gasteiger partial charge in [-0.1, -0.05) is 45.0 Å². The molecular weight excluding hydrogens is 403 g/mol. The molecule has 0 unspecified atom stereocenters. The van der Waals surface area contributed by atoms with Crippen LogP contribution in [0.1, 0.15) is 50.6 Å². The Labute approximate surface area is 177 Å². The Bertz CT molecular complexity index is 1240. The van der Waals surface area contributed by atoms with Gasteiger partial charge >= 0.3 is 6.18 Å². The van der Waals surface area contributed by atoms with E-state index >= 15 is 0 Å². The summed E-state index contributed by atoms with van der Waals surface area (Å²) in [5.41, 5.74) is -0.333. The second kappa shape index (κ2) is 6.05. The number of amides is 1. The number of aromatic nitrogens is 2. The molecular formula is C24H22F3N3O. The maximum Gasteiger partial charge on any atom is 0.418 e. The van der Waals surface area contributed by atoms with Gasteiger partial charge in [-0.3, -0.25) is 4.79 Å². The third-order valence-corrected chi connectivity index (χ3v) is 7.81. The summed E-state index contributed by atoms with van der Waals surface area (Å²) in [6.45, 7) is 6.09. The molecule has 1 amide bonds. The number of para-hydroxylation sites is 3. The molecule has 160 valence electrons. The van der Waals surface area contributed by atoms with Crippen LogP contribution in [0.4, 0.5) is 18.9 Å². The minimum Gasteiger partial charge on any atom is -0.325 e. The fraction of sp³-hybridized carbons (Fsp3) is 0.375. The Morgan fingerprint density at radius 3 is 2.13 bits per heavy atom. The van der Waals surface area contributed by atoms with E-state index in [0.717, 1.165) is 17.3 Å². The first kappa shape index (κ1) is 20.0. The predicted octanol–water partition coefficient (Wildman–Crippen LogP) is 5.62. The van der Waals surface area contributed by atoms with Crippen LogP contribution in [0, 0.1) is 5.41 Å². The maximum atomic E-state index is 13.8. The van der Waals surface area contributed by atoms with E-state index < -0.39 is 33.9 Å². The van der Waals surface area contributed by atoms with E-state index in [2.05, 4.69) is 12.2 Å². The number of hydrogen-bond donors (Lipinski definition) is 1. The summed E-state index contributed by atoms with van der Waals surface area (Å²) in [5, 5.41) is 2.61. The first-order chi connectivity index (χ1) is 14.5. The summed E-state index contributed by atoms with van der Waals surface area (Å²) in [5.74, 6) is -0.457. The number of nitrogens with one attached hydrogen (secondary N) is 1. The topological polar surface area (TPSA) is 54.9 Å². The monoisotopic (exact) mass is 425 g/mol. The average molecular weight is 425 g/mol. The van der Waals surface area contributed by atoms with Gasteiger partial charge in [0.15, 0.2) is 0 Å². The number of rotatable bonds is 2. The third kappa shape index (κ3) is 2.40. The Kier molecular flexibility index (Phi) is 3.90. The van der Waals surface area contributed by atoms with Crippen molar-refractivity contribution in [2.75, 3.05) is 5.32 Å². The van der Waals surface area contributed by atoms with Crippen molar-refractivity contribution in [2.45, 2.75) is 50.6 Å². The maximum absolute atomic E-state index is 13.8. The fourth-order valence-electron chi connectivity index (χ4n) is 5.62. The van der Waals surface area contributed by atoms with Gasteiger partial charge in [-0.15, -0.1) is 0 Å². The molecule has 1 saturated carbocycles. The van der Waals surface area contributed by atoms with E-state index in [1.54, 1.807) is 0 Å². The molecule has 4 nitrogen and oxygen atoms in total. The first-order valence-electron chi connectivity index (χ1n) is 10.3.